The second kappa shape index (κ2) is 5.73. The highest BCUT2D eigenvalue weighted by Crippen LogP contribution is 2.06. The maximum atomic E-state index is 12.8. The van der Waals surface area contributed by atoms with E-state index in [-0.39, 0.29) is 5.82 Å². The van der Waals surface area contributed by atoms with Gasteiger partial charge in [-0.3, -0.25) is 0 Å². The lowest BCUT2D eigenvalue weighted by atomic mass is 10.2. The van der Waals surface area contributed by atoms with Crippen molar-refractivity contribution in [2.24, 2.45) is 5.73 Å². The zero-order valence-electron chi connectivity index (χ0n) is 8.54. The summed E-state index contributed by atoms with van der Waals surface area (Å²) < 4.78 is 12.8. The number of benzene rings is 1. The van der Waals surface area contributed by atoms with Crippen molar-refractivity contribution in [3.63, 3.8) is 0 Å². The molecule has 0 aromatic heterocycles. The molecule has 0 heterocycles. The van der Waals surface area contributed by atoms with Crippen LogP contribution in [0, 0.1) is 5.82 Å². The largest absolute Gasteiger partial charge is 0.330 e. The van der Waals surface area contributed by atoms with Crippen molar-refractivity contribution in [1.82, 2.24) is 4.90 Å². The molecule has 0 aliphatic rings. The number of hydrogen-bond donors (Lipinski definition) is 1. The molecule has 0 unspecified atom stereocenters. The minimum Gasteiger partial charge on any atom is -0.330 e. The third kappa shape index (κ3) is 3.85. The summed E-state index contributed by atoms with van der Waals surface area (Å²) in [5.41, 5.74) is 6.41. The molecule has 0 bridgehead atoms. The lowest BCUT2D eigenvalue weighted by Crippen LogP contribution is -2.21. The third-order valence-corrected chi connectivity index (χ3v) is 2.09. The molecule has 0 fully saturated rings. The molecule has 1 aromatic rings. The van der Waals surface area contributed by atoms with Crippen LogP contribution in [0.4, 0.5) is 4.39 Å². The standard InChI is InChI=1S/C11H17FN2/c1-14(7-3-6-13)9-10-4-2-5-11(12)8-10/h2,4-5,8H,3,6-7,9,13H2,1H3. The van der Waals surface area contributed by atoms with Crippen LogP contribution < -0.4 is 5.73 Å². The second-order valence-corrected chi connectivity index (χ2v) is 3.51. The van der Waals surface area contributed by atoms with Gasteiger partial charge in [0.05, 0.1) is 0 Å². The predicted molar refractivity (Wildman–Crippen MR) is 56.4 cm³/mol. The summed E-state index contributed by atoms with van der Waals surface area (Å²) in [4.78, 5) is 2.14. The van der Waals surface area contributed by atoms with Gasteiger partial charge in [0.15, 0.2) is 0 Å². The van der Waals surface area contributed by atoms with Gasteiger partial charge in [-0.15, -0.1) is 0 Å². The van der Waals surface area contributed by atoms with E-state index in [0.717, 1.165) is 25.1 Å². The van der Waals surface area contributed by atoms with E-state index in [2.05, 4.69) is 4.90 Å². The first-order chi connectivity index (χ1) is 6.72. The Labute approximate surface area is 84.5 Å². The maximum absolute atomic E-state index is 12.8. The van der Waals surface area contributed by atoms with Gasteiger partial charge in [0, 0.05) is 6.54 Å². The first kappa shape index (κ1) is 11.1. The Hall–Kier alpha value is -0.930. The van der Waals surface area contributed by atoms with Crippen molar-refractivity contribution in [2.45, 2.75) is 13.0 Å². The quantitative estimate of drug-likeness (QED) is 0.775. The van der Waals surface area contributed by atoms with Crippen LogP contribution in [-0.2, 0) is 6.54 Å². The predicted octanol–water partition coefficient (Wildman–Crippen LogP) is 1.61. The van der Waals surface area contributed by atoms with Crippen LogP contribution in [0.15, 0.2) is 24.3 Å². The molecule has 0 aliphatic heterocycles. The normalized spacial score (nSPS) is 10.9. The van der Waals surface area contributed by atoms with Crippen molar-refractivity contribution in [2.75, 3.05) is 20.1 Å². The van der Waals surface area contributed by atoms with Gasteiger partial charge in [-0.25, -0.2) is 4.39 Å². The van der Waals surface area contributed by atoms with E-state index in [9.17, 15) is 4.39 Å². The van der Waals surface area contributed by atoms with Crippen LogP contribution in [0.2, 0.25) is 0 Å². The fourth-order valence-corrected chi connectivity index (χ4v) is 1.39. The minimum atomic E-state index is -0.172. The summed E-state index contributed by atoms with van der Waals surface area (Å²) in [5, 5.41) is 0. The van der Waals surface area contributed by atoms with Gasteiger partial charge in [-0.05, 0) is 44.3 Å². The average Bonchev–Trinajstić information content (AvgIpc) is 2.15. The molecular weight excluding hydrogens is 179 g/mol. The van der Waals surface area contributed by atoms with Crippen molar-refractivity contribution in [1.29, 1.82) is 0 Å². The van der Waals surface area contributed by atoms with E-state index in [0.29, 0.717) is 6.54 Å². The molecule has 1 aromatic carbocycles. The Bertz CT molecular complexity index is 276. The summed E-state index contributed by atoms with van der Waals surface area (Å²) in [7, 11) is 2.01. The number of hydrogen-bond acceptors (Lipinski definition) is 2. The van der Waals surface area contributed by atoms with Crippen molar-refractivity contribution in [3.05, 3.63) is 35.6 Å². The molecule has 2 nitrogen and oxygen atoms in total. The number of nitrogens with two attached hydrogens (primary N) is 1. The molecule has 0 spiro atoms. The fourth-order valence-electron chi connectivity index (χ4n) is 1.39. The lowest BCUT2D eigenvalue weighted by molar-refractivity contribution is 0.323. The molecule has 0 atom stereocenters. The van der Waals surface area contributed by atoms with Gasteiger partial charge in [0.1, 0.15) is 5.82 Å². The van der Waals surface area contributed by atoms with Crippen molar-refractivity contribution >= 4 is 0 Å². The van der Waals surface area contributed by atoms with Crippen molar-refractivity contribution in [3.8, 4) is 0 Å². The number of halogens is 1. The van der Waals surface area contributed by atoms with Gasteiger partial charge in [0.2, 0.25) is 0 Å². The number of rotatable bonds is 5. The topological polar surface area (TPSA) is 29.3 Å². The van der Waals surface area contributed by atoms with Gasteiger partial charge >= 0.3 is 0 Å². The van der Waals surface area contributed by atoms with Crippen LogP contribution in [-0.4, -0.2) is 25.0 Å². The van der Waals surface area contributed by atoms with Gasteiger partial charge in [-0.1, -0.05) is 12.1 Å². The Morgan fingerprint density at radius 3 is 2.86 bits per heavy atom. The van der Waals surface area contributed by atoms with Crippen molar-refractivity contribution < 1.29 is 4.39 Å². The minimum absolute atomic E-state index is 0.172. The van der Waals surface area contributed by atoms with Crippen LogP contribution in [0.5, 0.6) is 0 Å². The molecule has 0 aliphatic carbocycles. The van der Waals surface area contributed by atoms with E-state index in [1.54, 1.807) is 12.1 Å². The molecule has 0 saturated carbocycles. The van der Waals surface area contributed by atoms with Gasteiger partial charge in [0.25, 0.3) is 0 Å². The van der Waals surface area contributed by atoms with Crippen LogP contribution >= 0.6 is 0 Å². The first-order valence-corrected chi connectivity index (χ1v) is 4.85. The van der Waals surface area contributed by atoms with Crippen LogP contribution in [0.25, 0.3) is 0 Å². The molecule has 0 amide bonds. The van der Waals surface area contributed by atoms with E-state index < -0.39 is 0 Å². The van der Waals surface area contributed by atoms with Crippen LogP contribution in [0.3, 0.4) is 0 Å². The van der Waals surface area contributed by atoms with E-state index in [1.165, 1.54) is 6.07 Å². The Kier molecular flexibility index (Phi) is 4.56. The summed E-state index contributed by atoms with van der Waals surface area (Å²) >= 11 is 0. The highest BCUT2D eigenvalue weighted by atomic mass is 19.1. The zero-order valence-corrected chi connectivity index (χ0v) is 8.54. The molecule has 3 heteroatoms. The Balaban J connectivity index is 2.43. The molecular formula is C11H17FN2. The highest BCUT2D eigenvalue weighted by Gasteiger charge is 2.00. The summed E-state index contributed by atoms with van der Waals surface area (Å²) in [6.45, 7) is 2.43. The maximum Gasteiger partial charge on any atom is 0.123 e. The number of nitrogens with zero attached hydrogens (tertiary/aromatic N) is 1. The summed E-state index contributed by atoms with van der Waals surface area (Å²) in [5.74, 6) is -0.172. The molecule has 1 rings (SSSR count). The summed E-state index contributed by atoms with van der Waals surface area (Å²) in [6, 6.07) is 6.70. The smallest absolute Gasteiger partial charge is 0.123 e. The second-order valence-electron chi connectivity index (χ2n) is 3.51. The molecule has 0 saturated heterocycles. The Morgan fingerprint density at radius 1 is 1.43 bits per heavy atom. The average molecular weight is 196 g/mol. The summed E-state index contributed by atoms with van der Waals surface area (Å²) in [6.07, 6.45) is 0.978. The third-order valence-electron chi connectivity index (χ3n) is 2.09. The first-order valence-electron chi connectivity index (χ1n) is 4.85. The monoisotopic (exact) mass is 196 g/mol. The van der Waals surface area contributed by atoms with Gasteiger partial charge < -0.3 is 10.6 Å². The lowest BCUT2D eigenvalue weighted by Gasteiger charge is -2.15. The molecule has 0 radical (unpaired) electrons. The Morgan fingerprint density at radius 2 is 2.21 bits per heavy atom. The molecule has 2 N–H and O–H groups in total. The van der Waals surface area contributed by atoms with E-state index in [4.69, 9.17) is 5.73 Å². The molecule has 78 valence electrons. The van der Waals surface area contributed by atoms with Crippen LogP contribution in [0.1, 0.15) is 12.0 Å². The highest BCUT2D eigenvalue weighted by molar-refractivity contribution is 5.15. The van der Waals surface area contributed by atoms with E-state index in [1.807, 2.05) is 13.1 Å². The zero-order chi connectivity index (χ0) is 10.4. The van der Waals surface area contributed by atoms with Gasteiger partial charge in [-0.2, -0.15) is 0 Å². The fraction of sp³-hybridized carbons (Fsp3) is 0.455. The SMILES string of the molecule is CN(CCCN)Cc1cccc(F)c1. The molecule has 14 heavy (non-hydrogen) atoms. The van der Waals surface area contributed by atoms with E-state index >= 15 is 0 Å².